The van der Waals surface area contributed by atoms with E-state index >= 15 is 0 Å². The van der Waals surface area contributed by atoms with E-state index in [9.17, 15) is 4.79 Å². The van der Waals surface area contributed by atoms with Crippen molar-refractivity contribution >= 4 is 11.6 Å². The number of anilines is 1. The lowest BCUT2D eigenvalue weighted by Gasteiger charge is -2.15. The fourth-order valence-electron chi connectivity index (χ4n) is 2.68. The molecule has 1 fully saturated rings. The number of aliphatic hydroxyl groups excluding tert-OH is 1. The van der Waals surface area contributed by atoms with E-state index in [-0.39, 0.29) is 12.5 Å². The molecule has 1 atom stereocenters. The molecule has 0 saturated carbocycles. The molecule has 1 saturated heterocycles. The number of benzene rings is 1. The molecule has 5 nitrogen and oxygen atoms in total. The normalized spacial score (nSPS) is 18.4. The zero-order chi connectivity index (χ0) is 15.1. The standard InChI is InChI=1S/C16H21N3O2/c17-8-5-13-1-3-15(4-2-13)18-16(21)12-19-9-6-14(11-19)7-10-20/h1-4,14,20H,5-7,9-12H2,(H,18,21). The van der Waals surface area contributed by atoms with E-state index < -0.39 is 0 Å². The van der Waals surface area contributed by atoms with Crippen molar-refractivity contribution in [3.63, 3.8) is 0 Å². The maximum Gasteiger partial charge on any atom is 0.238 e. The van der Waals surface area contributed by atoms with Gasteiger partial charge in [-0.3, -0.25) is 9.69 Å². The molecule has 1 amide bonds. The average molecular weight is 287 g/mol. The fourth-order valence-corrected chi connectivity index (χ4v) is 2.68. The van der Waals surface area contributed by atoms with Gasteiger partial charge in [0, 0.05) is 18.8 Å². The van der Waals surface area contributed by atoms with Gasteiger partial charge in [-0.1, -0.05) is 12.1 Å². The Balaban J connectivity index is 1.78. The third kappa shape index (κ3) is 4.85. The highest BCUT2D eigenvalue weighted by atomic mass is 16.3. The molecular weight excluding hydrogens is 266 g/mol. The molecule has 1 aromatic rings. The van der Waals surface area contributed by atoms with Gasteiger partial charge in [-0.15, -0.1) is 0 Å². The number of nitrogens with one attached hydrogen (secondary N) is 1. The number of carbonyl (C=O) groups is 1. The van der Waals surface area contributed by atoms with E-state index in [1.807, 2.05) is 24.3 Å². The van der Waals surface area contributed by atoms with Crippen molar-refractivity contribution < 1.29 is 9.90 Å². The van der Waals surface area contributed by atoms with Crippen LogP contribution in [0.15, 0.2) is 24.3 Å². The number of aliphatic hydroxyl groups is 1. The lowest BCUT2D eigenvalue weighted by Crippen LogP contribution is -2.31. The Hall–Kier alpha value is -1.90. The summed E-state index contributed by atoms with van der Waals surface area (Å²) in [5.74, 6) is 0.487. The minimum absolute atomic E-state index is 0.0207. The summed E-state index contributed by atoms with van der Waals surface area (Å²) < 4.78 is 0. The van der Waals surface area contributed by atoms with Crippen LogP contribution in [0.5, 0.6) is 0 Å². The van der Waals surface area contributed by atoms with Crippen LogP contribution in [0.25, 0.3) is 0 Å². The quantitative estimate of drug-likeness (QED) is 0.829. The van der Waals surface area contributed by atoms with Crippen LogP contribution >= 0.6 is 0 Å². The smallest absolute Gasteiger partial charge is 0.238 e. The molecule has 21 heavy (non-hydrogen) atoms. The summed E-state index contributed by atoms with van der Waals surface area (Å²) in [6.07, 6.45) is 2.25. The van der Waals surface area contributed by atoms with E-state index in [0.717, 1.165) is 37.2 Å². The first-order chi connectivity index (χ1) is 10.2. The molecule has 2 rings (SSSR count). The maximum absolute atomic E-state index is 12.0. The second kappa shape index (κ2) is 7.77. The number of hydrogen-bond acceptors (Lipinski definition) is 4. The summed E-state index contributed by atoms with van der Waals surface area (Å²) in [6, 6.07) is 9.45. The molecule has 0 bridgehead atoms. The van der Waals surface area contributed by atoms with Crippen LogP contribution in [0.4, 0.5) is 5.69 Å². The third-order valence-electron chi connectivity index (χ3n) is 3.80. The number of amides is 1. The van der Waals surface area contributed by atoms with Crippen LogP contribution in [0.3, 0.4) is 0 Å². The highest BCUT2D eigenvalue weighted by Gasteiger charge is 2.23. The van der Waals surface area contributed by atoms with E-state index in [4.69, 9.17) is 10.4 Å². The highest BCUT2D eigenvalue weighted by molar-refractivity contribution is 5.92. The van der Waals surface area contributed by atoms with Gasteiger partial charge in [0.25, 0.3) is 0 Å². The highest BCUT2D eigenvalue weighted by Crippen LogP contribution is 2.19. The molecule has 0 aliphatic carbocycles. The predicted octanol–water partition coefficient (Wildman–Crippen LogP) is 1.40. The molecule has 1 aliphatic heterocycles. The monoisotopic (exact) mass is 287 g/mol. The molecule has 2 N–H and O–H groups in total. The van der Waals surface area contributed by atoms with Crippen LogP contribution in [-0.4, -0.2) is 42.2 Å². The Morgan fingerprint density at radius 2 is 2.19 bits per heavy atom. The van der Waals surface area contributed by atoms with Gasteiger partial charge >= 0.3 is 0 Å². The summed E-state index contributed by atoms with van der Waals surface area (Å²) in [7, 11) is 0. The van der Waals surface area contributed by atoms with Gasteiger partial charge in [-0.05, 0) is 43.0 Å². The topological polar surface area (TPSA) is 76.4 Å². The Labute approximate surface area is 125 Å². The first-order valence-corrected chi connectivity index (χ1v) is 7.30. The molecule has 1 aromatic carbocycles. The summed E-state index contributed by atoms with van der Waals surface area (Å²) in [6.45, 7) is 2.41. The third-order valence-corrected chi connectivity index (χ3v) is 3.80. The lowest BCUT2D eigenvalue weighted by molar-refractivity contribution is -0.117. The number of rotatable bonds is 6. The average Bonchev–Trinajstić information content (AvgIpc) is 2.89. The SMILES string of the molecule is N#CCc1ccc(NC(=O)CN2CCC(CCO)C2)cc1. The number of hydrogen-bond donors (Lipinski definition) is 2. The van der Waals surface area contributed by atoms with Crippen molar-refractivity contribution in [2.45, 2.75) is 19.3 Å². The van der Waals surface area contributed by atoms with Gasteiger partial charge in [0.2, 0.25) is 5.91 Å². The molecular formula is C16H21N3O2. The molecule has 112 valence electrons. The maximum atomic E-state index is 12.0. The number of likely N-dealkylation sites (tertiary alicyclic amines) is 1. The zero-order valence-electron chi connectivity index (χ0n) is 12.1. The van der Waals surface area contributed by atoms with E-state index in [2.05, 4.69) is 16.3 Å². The largest absolute Gasteiger partial charge is 0.396 e. The van der Waals surface area contributed by atoms with Crippen molar-refractivity contribution in [1.82, 2.24) is 4.90 Å². The van der Waals surface area contributed by atoms with Gasteiger partial charge in [-0.2, -0.15) is 5.26 Å². The van der Waals surface area contributed by atoms with Gasteiger partial charge in [0.1, 0.15) is 0 Å². The molecule has 1 aliphatic rings. The number of nitrogens with zero attached hydrogens (tertiary/aromatic N) is 2. The molecule has 5 heteroatoms. The second-order valence-electron chi connectivity index (χ2n) is 5.48. The summed E-state index contributed by atoms with van der Waals surface area (Å²) in [5, 5.41) is 20.4. The predicted molar refractivity (Wildman–Crippen MR) is 80.6 cm³/mol. The van der Waals surface area contributed by atoms with Gasteiger partial charge in [0.15, 0.2) is 0 Å². The number of carbonyl (C=O) groups excluding carboxylic acids is 1. The zero-order valence-corrected chi connectivity index (χ0v) is 12.1. The first-order valence-electron chi connectivity index (χ1n) is 7.30. The Morgan fingerprint density at radius 1 is 1.43 bits per heavy atom. The van der Waals surface area contributed by atoms with Crippen LogP contribution in [0, 0.1) is 17.2 Å². The second-order valence-corrected chi connectivity index (χ2v) is 5.48. The summed E-state index contributed by atoms with van der Waals surface area (Å²) >= 11 is 0. The van der Waals surface area contributed by atoms with Crippen molar-refractivity contribution in [2.24, 2.45) is 5.92 Å². The summed E-state index contributed by atoms with van der Waals surface area (Å²) in [4.78, 5) is 14.1. The van der Waals surface area contributed by atoms with E-state index in [0.29, 0.717) is 18.9 Å². The van der Waals surface area contributed by atoms with Crippen molar-refractivity contribution in [3.05, 3.63) is 29.8 Å². The van der Waals surface area contributed by atoms with Crippen molar-refractivity contribution in [2.75, 3.05) is 31.6 Å². The van der Waals surface area contributed by atoms with Crippen LogP contribution in [0.1, 0.15) is 18.4 Å². The van der Waals surface area contributed by atoms with Gasteiger partial charge < -0.3 is 10.4 Å². The minimum atomic E-state index is -0.0207. The molecule has 0 aromatic heterocycles. The van der Waals surface area contributed by atoms with Crippen molar-refractivity contribution in [3.8, 4) is 6.07 Å². The van der Waals surface area contributed by atoms with E-state index in [1.165, 1.54) is 0 Å². The van der Waals surface area contributed by atoms with Crippen LogP contribution in [0.2, 0.25) is 0 Å². The van der Waals surface area contributed by atoms with Crippen molar-refractivity contribution in [1.29, 1.82) is 5.26 Å². The first kappa shape index (κ1) is 15.5. The number of nitriles is 1. The Kier molecular flexibility index (Phi) is 5.73. The Bertz CT molecular complexity index is 507. The lowest BCUT2D eigenvalue weighted by atomic mass is 10.1. The Morgan fingerprint density at radius 3 is 2.86 bits per heavy atom. The molecule has 0 radical (unpaired) electrons. The van der Waals surface area contributed by atoms with Crippen LogP contribution < -0.4 is 5.32 Å². The van der Waals surface area contributed by atoms with Crippen LogP contribution in [-0.2, 0) is 11.2 Å². The molecule has 1 heterocycles. The molecule has 0 spiro atoms. The van der Waals surface area contributed by atoms with Gasteiger partial charge in [0.05, 0.1) is 19.0 Å². The molecule has 1 unspecified atom stereocenters. The van der Waals surface area contributed by atoms with E-state index in [1.54, 1.807) is 0 Å². The summed E-state index contributed by atoms with van der Waals surface area (Å²) in [5.41, 5.74) is 1.70. The fraction of sp³-hybridized carbons (Fsp3) is 0.500. The van der Waals surface area contributed by atoms with Gasteiger partial charge in [-0.25, -0.2) is 0 Å². The minimum Gasteiger partial charge on any atom is -0.396 e.